The van der Waals surface area contributed by atoms with Gasteiger partial charge in [0.25, 0.3) is 0 Å². The molecule has 0 aromatic heterocycles. The molecule has 0 aliphatic heterocycles. The van der Waals surface area contributed by atoms with E-state index in [0.29, 0.717) is 10.7 Å². The molecule has 2 N–H and O–H groups in total. The molecule has 4 nitrogen and oxygen atoms in total. The van der Waals surface area contributed by atoms with Gasteiger partial charge in [-0.1, -0.05) is 80.0 Å². The maximum Gasteiger partial charge on any atom is 0.411 e. The number of hydrogen-bond acceptors (Lipinski definition) is 3. The Hall–Kier alpha value is -2.82. The predicted octanol–water partition coefficient (Wildman–Crippen LogP) is 5.97. The Morgan fingerprint density at radius 3 is 2.20 bits per heavy atom. The number of ether oxygens (including phenoxy) is 1. The highest BCUT2D eigenvalue weighted by Gasteiger charge is 2.29. The van der Waals surface area contributed by atoms with Crippen molar-refractivity contribution in [3.8, 4) is 11.1 Å². The van der Waals surface area contributed by atoms with Gasteiger partial charge in [0, 0.05) is 22.0 Å². The second-order valence-corrected chi connectivity index (χ2v) is 8.59. The van der Waals surface area contributed by atoms with Crippen molar-refractivity contribution in [3.63, 3.8) is 0 Å². The maximum atomic E-state index is 12.4. The monoisotopic (exact) mass is 421 g/mol. The van der Waals surface area contributed by atoms with Crippen LogP contribution in [0, 0.1) is 0 Å². The fourth-order valence-corrected chi connectivity index (χ4v) is 4.42. The van der Waals surface area contributed by atoms with Gasteiger partial charge < -0.3 is 9.84 Å². The summed E-state index contributed by atoms with van der Waals surface area (Å²) in [4.78, 5) is 12.4. The van der Waals surface area contributed by atoms with Gasteiger partial charge in [-0.15, -0.1) is 0 Å². The number of benzene rings is 3. The Labute approximate surface area is 181 Å². The molecular weight excluding hydrogens is 398 g/mol. The van der Waals surface area contributed by atoms with Crippen LogP contribution in [0.3, 0.4) is 0 Å². The maximum absolute atomic E-state index is 12.4. The summed E-state index contributed by atoms with van der Waals surface area (Å²) in [5.41, 5.74) is 5.64. The third kappa shape index (κ3) is 3.81. The minimum absolute atomic E-state index is 0.0134. The van der Waals surface area contributed by atoms with E-state index in [0.717, 1.165) is 5.56 Å². The van der Waals surface area contributed by atoms with Crippen LogP contribution >= 0.6 is 11.6 Å². The number of rotatable bonds is 5. The number of carbonyl (C=O) groups excluding carboxylic acids is 1. The normalized spacial score (nSPS) is 12.9. The SMILES string of the molecule is CC(C)(CO)c1ccc(NC(=O)OCC2c3ccccc3-c3ccccc32)cc1Cl. The second kappa shape index (κ2) is 8.13. The first-order valence-corrected chi connectivity index (χ1v) is 10.3. The van der Waals surface area contributed by atoms with Crippen molar-refractivity contribution < 1.29 is 14.6 Å². The van der Waals surface area contributed by atoms with Gasteiger partial charge in [-0.2, -0.15) is 0 Å². The van der Waals surface area contributed by atoms with Crippen molar-refractivity contribution in [2.75, 3.05) is 18.5 Å². The molecule has 154 valence electrons. The standard InChI is InChI=1S/C25H24ClNO3/c1-25(2,15-28)22-12-11-16(13-23(22)26)27-24(29)30-14-21-19-9-5-3-7-17(19)18-8-4-6-10-20(18)21/h3-13,21,28H,14-15H2,1-2H3,(H,27,29). The Morgan fingerprint density at radius 2 is 1.63 bits per heavy atom. The summed E-state index contributed by atoms with van der Waals surface area (Å²) in [6.07, 6.45) is -0.526. The van der Waals surface area contributed by atoms with Crippen LogP contribution in [-0.4, -0.2) is 24.4 Å². The van der Waals surface area contributed by atoms with E-state index in [4.69, 9.17) is 16.3 Å². The molecule has 1 aliphatic rings. The van der Waals surface area contributed by atoms with E-state index in [9.17, 15) is 9.90 Å². The van der Waals surface area contributed by atoms with E-state index in [1.165, 1.54) is 22.3 Å². The molecule has 0 saturated carbocycles. The van der Waals surface area contributed by atoms with Gasteiger partial charge in [0.15, 0.2) is 0 Å². The number of aliphatic hydroxyl groups is 1. The molecule has 0 radical (unpaired) electrons. The van der Waals surface area contributed by atoms with Gasteiger partial charge >= 0.3 is 6.09 Å². The summed E-state index contributed by atoms with van der Waals surface area (Å²) in [6, 6.07) is 21.7. The molecule has 0 unspecified atom stereocenters. The summed E-state index contributed by atoms with van der Waals surface area (Å²) in [7, 11) is 0. The van der Waals surface area contributed by atoms with Gasteiger partial charge in [-0.3, -0.25) is 5.32 Å². The lowest BCUT2D eigenvalue weighted by molar-refractivity contribution is 0.158. The molecule has 30 heavy (non-hydrogen) atoms. The van der Waals surface area contributed by atoms with E-state index < -0.39 is 11.5 Å². The van der Waals surface area contributed by atoms with E-state index in [1.807, 2.05) is 44.2 Å². The van der Waals surface area contributed by atoms with Crippen LogP contribution in [-0.2, 0) is 10.2 Å². The van der Waals surface area contributed by atoms with Crippen LogP contribution in [0.25, 0.3) is 11.1 Å². The zero-order valence-electron chi connectivity index (χ0n) is 17.0. The Kier molecular flexibility index (Phi) is 5.54. The highest BCUT2D eigenvalue weighted by molar-refractivity contribution is 6.31. The molecule has 0 heterocycles. The first-order chi connectivity index (χ1) is 14.4. The topological polar surface area (TPSA) is 58.6 Å². The molecule has 1 amide bonds. The lowest BCUT2D eigenvalue weighted by Crippen LogP contribution is -2.23. The number of aliphatic hydroxyl groups excluding tert-OH is 1. The first-order valence-electron chi connectivity index (χ1n) is 9.93. The summed E-state index contributed by atoms with van der Waals surface area (Å²) in [5.74, 6) is 0.0134. The van der Waals surface area contributed by atoms with Gasteiger partial charge in [-0.25, -0.2) is 4.79 Å². The van der Waals surface area contributed by atoms with Crippen LogP contribution < -0.4 is 5.32 Å². The molecule has 0 saturated heterocycles. The highest BCUT2D eigenvalue weighted by Crippen LogP contribution is 2.44. The fourth-order valence-electron chi connectivity index (χ4n) is 3.98. The summed E-state index contributed by atoms with van der Waals surface area (Å²) in [6.45, 7) is 4.05. The van der Waals surface area contributed by atoms with Crippen molar-refractivity contribution in [1.29, 1.82) is 0 Å². The van der Waals surface area contributed by atoms with E-state index in [-0.39, 0.29) is 19.1 Å². The van der Waals surface area contributed by atoms with Crippen molar-refractivity contribution in [2.45, 2.75) is 25.2 Å². The summed E-state index contributed by atoms with van der Waals surface area (Å²) < 4.78 is 5.57. The van der Waals surface area contributed by atoms with Crippen LogP contribution in [0.5, 0.6) is 0 Å². The lowest BCUT2D eigenvalue weighted by Gasteiger charge is -2.24. The average molecular weight is 422 g/mol. The summed E-state index contributed by atoms with van der Waals surface area (Å²) >= 11 is 6.37. The third-order valence-electron chi connectivity index (χ3n) is 5.68. The lowest BCUT2D eigenvalue weighted by atomic mass is 9.85. The Balaban J connectivity index is 1.45. The number of anilines is 1. The van der Waals surface area contributed by atoms with Crippen molar-refractivity contribution in [2.24, 2.45) is 0 Å². The van der Waals surface area contributed by atoms with Crippen molar-refractivity contribution in [3.05, 3.63) is 88.4 Å². The van der Waals surface area contributed by atoms with E-state index >= 15 is 0 Å². The van der Waals surface area contributed by atoms with Crippen molar-refractivity contribution >= 4 is 23.4 Å². The third-order valence-corrected chi connectivity index (χ3v) is 6.00. The van der Waals surface area contributed by atoms with Crippen LogP contribution in [0.15, 0.2) is 66.7 Å². The quantitative estimate of drug-likeness (QED) is 0.533. The molecule has 1 aliphatic carbocycles. The minimum atomic E-state index is -0.526. The minimum Gasteiger partial charge on any atom is -0.448 e. The average Bonchev–Trinajstić information content (AvgIpc) is 3.06. The number of hydrogen-bond donors (Lipinski definition) is 2. The smallest absolute Gasteiger partial charge is 0.411 e. The molecule has 4 rings (SSSR count). The van der Waals surface area contributed by atoms with Gasteiger partial charge in [0.1, 0.15) is 6.61 Å². The zero-order valence-corrected chi connectivity index (χ0v) is 17.7. The molecule has 3 aromatic carbocycles. The first kappa shape index (κ1) is 20.5. The molecule has 5 heteroatoms. The number of amides is 1. The fraction of sp³-hybridized carbons (Fsp3) is 0.240. The molecular formula is C25H24ClNO3. The molecule has 0 spiro atoms. The highest BCUT2D eigenvalue weighted by atomic mass is 35.5. The number of fused-ring (bicyclic) bond motifs is 3. The van der Waals surface area contributed by atoms with Gasteiger partial charge in [-0.05, 0) is 39.9 Å². The molecule has 0 fully saturated rings. The number of carbonyl (C=O) groups is 1. The second-order valence-electron chi connectivity index (χ2n) is 8.19. The van der Waals surface area contributed by atoms with Crippen LogP contribution in [0.4, 0.5) is 10.5 Å². The van der Waals surface area contributed by atoms with Gasteiger partial charge in [0.05, 0.1) is 6.61 Å². The Bertz CT molecular complexity index is 1050. The van der Waals surface area contributed by atoms with E-state index in [2.05, 4.69) is 29.6 Å². The van der Waals surface area contributed by atoms with Gasteiger partial charge in [0.2, 0.25) is 0 Å². The number of nitrogens with one attached hydrogen (secondary N) is 1. The van der Waals surface area contributed by atoms with Crippen LogP contribution in [0.2, 0.25) is 5.02 Å². The largest absolute Gasteiger partial charge is 0.448 e. The zero-order chi connectivity index (χ0) is 21.3. The van der Waals surface area contributed by atoms with Crippen molar-refractivity contribution in [1.82, 2.24) is 0 Å². The molecule has 3 aromatic rings. The Morgan fingerprint density at radius 1 is 1.03 bits per heavy atom. The van der Waals surface area contributed by atoms with Crippen LogP contribution in [0.1, 0.15) is 36.5 Å². The summed E-state index contributed by atoms with van der Waals surface area (Å²) in [5, 5.41) is 12.8. The predicted molar refractivity (Wildman–Crippen MR) is 120 cm³/mol. The molecule has 0 atom stereocenters. The number of halogens is 1. The van der Waals surface area contributed by atoms with E-state index in [1.54, 1.807) is 12.1 Å². The molecule has 0 bridgehead atoms.